The quantitative estimate of drug-likeness (QED) is 0.638. The minimum Gasteiger partial charge on any atom is -0.477 e. The van der Waals surface area contributed by atoms with Gasteiger partial charge >= 0.3 is 0 Å². The van der Waals surface area contributed by atoms with Crippen molar-refractivity contribution in [2.45, 2.75) is 13.3 Å². The first kappa shape index (κ1) is 17.6. The molecule has 7 heteroatoms. The van der Waals surface area contributed by atoms with Gasteiger partial charge in [0.25, 0.3) is 5.91 Å². The number of nitrogens with one attached hydrogen (secondary N) is 1. The van der Waals surface area contributed by atoms with E-state index in [2.05, 4.69) is 43.3 Å². The highest BCUT2D eigenvalue weighted by Gasteiger charge is 2.15. The molecule has 0 aliphatic rings. The number of aromatic nitrogens is 2. The Morgan fingerprint density at radius 1 is 1.24 bits per heavy atom. The molecule has 5 nitrogen and oxygen atoms in total. The molecule has 25 heavy (non-hydrogen) atoms. The van der Waals surface area contributed by atoms with Crippen molar-refractivity contribution in [3.63, 3.8) is 0 Å². The minimum atomic E-state index is -0.277. The molecule has 0 spiro atoms. The lowest BCUT2D eigenvalue weighted by Gasteiger charge is -2.07. The highest BCUT2D eigenvalue weighted by molar-refractivity contribution is 9.10. The van der Waals surface area contributed by atoms with Gasteiger partial charge in [0.1, 0.15) is 5.56 Å². The number of halogens is 1. The van der Waals surface area contributed by atoms with Crippen molar-refractivity contribution in [3.8, 4) is 5.88 Å². The molecule has 3 aromatic rings. The molecule has 2 heterocycles. The van der Waals surface area contributed by atoms with Crippen LogP contribution >= 0.6 is 27.3 Å². The van der Waals surface area contributed by atoms with E-state index in [1.54, 1.807) is 24.5 Å². The number of pyridine rings is 1. The monoisotopic (exact) mass is 417 g/mol. The molecule has 0 aliphatic heterocycles. The van der Waals surface area contributed by atoms with Gasteiger partial charge in [-0.2, -0.15) is 0 Å². The van der Waals surface area contributed by atoms with Crippen LogP contribution in [0.1, 0.15) is 27.7 Å². The van der Waals surface area contributed by atoms with E-state index in [4.69, 9.17) is 4.74 Å². The highest BCUT2D eigenvalue weighted by Crippen LogP contribution is 2.23. The van der Waals surface area contributed by atoms with Crippen LogP contribution in [0.5, 0.6) is 5.88 Å². The van der Waals surface area contributed by atoms with E-state index in [9.17, 15) is 4.79 Å². The number of hydrogen-bond donors (Lipinski definition) is 1. The van der Waals surface area contributed by atoms with Crippen molar-refractivity contribution in [1.29, 1.82) is 0 Å². The average Bonchev–Trinajstić information content (AvgIpc) is 3.04. The molecule has 0 aliphatic carbocycles. The predicted octanol–water partition coefficient (Wildman–Crippen LogP) is 4.54. The van der Waals surface area contributed by atoms with Crippen molar-refractivity contribution < 1.29 is 9.53 Å². The first-order valence-electron chi connectivity index (χ1n) is 7.74. The van der Waals surface area contributed by atoms with Gasteiger partial charge in [-0.05, 0) is 36.8 Å². The Morgan fingerprint density at radius 2 is 2.04 bits per heavy atom. The summed E-state index contributed by atoms with van der Waals surface area (Å²) in [6, 6.07) is 11.5. The number of amides is 1. The van der Waals surface area contributed by atoms with Crippen molar-refractivity contribution in [1.82, 2.24) is 9.97 Å². The summed E-state index contributed by atoms with van der Waals surface area (Å²) in [5.74, 6) is 0.0511. The lowest BCUT2D eigenvalue weighted by atomic mass is 10.1. The van der Waals surface area contributed by atoms with Gasteiger partial charge in [0.2, 0.25) is 5.88 Å². The summed E-state index contributed by atoms with van der Waals surface area (Å²) < 4.78 is 6.45. The molecule has 0 saturated carbocycles. The van der Waals surface area contributed by atoms with Crippen LogP contribution in [0.25, 0.3) is 0 Å². The van der Waals surface area contributed by atoms with Gasteiger partial charge in [0.15, 0.2) is 5.13 Å². The Labute approximate surface area is 158 Å². The van der Waals surface area contributed by atoms with Crippen LogP contribution in [0.3, 0.4) is 0 Å². The van der Waals surface area contributed by atoms with E-state index in [1.165, 1.54) is 16.9 Å². The summed E-state index contributed by atoms with van der Waals surface area (Å²) in [6.07, 6.45) is 4.16. The normalized spacial score (nSPS) is 10.5. The average molecular weight is 418 g/mol. The zero-order valence-electron chi connectivity index (χ0n) is 13.5. The van der Waals surface area contributed by atoms with E-state index in [0.29, 0.717) is 23.2 Å². The number of carbonyl (C=O) groups is 1. The van der Waals surface area contributed by atoms with Crippen LogP contribution in [0, 0.1) is 0 Å². The topological polar surface area (TPSA) is 64.1 Å². The second kappa shape index (κ2) is 8.22. The van der Waals surface area contributed by atoms with Gasteiger partial charge in [0.05, 0.1) is 6.61 Å². The molecule has 1 amide bonds. The molecular weight excluding hydrogens is 402 g/mol. The second-order valence-electron chi connectivity index (χ2n) is 5.18. The molecule has 2 aromatic heterocycles. The SMILES string of the molecule is CCOc1ncccc1C(=O)Nc1ncc(Cc2ccc(Br)cc2)s1. The van der Waals surface area contributed by atoms with Gasteiger partial charge in [-0.25, -0.2) is 9.97 Å². The molecule has 3 rings (SSSR count). The van der Waals surface area contributed by atoms with E-state index < -0.39 is 0 Å². The number of nitrogens with zero attached hydrogens (tertiary/aromatic N) is 2. The largest absolute Gasteiger partial charge is 0.477 e. The third kappa shape index (κ3) is 4.64. The van der Waals surface area contributed by atoms with Crippen molar-refractivity contribution in [2.75, 3.05) is 11.9 Å². The van der Waals surface area contributed by atoms with Crippen LogP contribution in [-0.2, 0) is 6.42 Å². The first-order valence-corrected chi connectivity index (χ1v) is 9.35. The number of carbonyl (C=O) groups excluding carboxylic acids is 1. The molecule has 128 valence electrons. The summed E-state index contributed by atoms with van der Waals surface area (Å²) in [5, 5.41) is 3.37. The van der Waals surface area contributed by atoms with Crippen LogP contribution in [0.15, 0.2) is 53.3 Å². The van der Waals surface area contributed by atoms with Gasteiger partial charge in [-0.15, -0.1) is 11.3 Å². The number of anilines is 1. The standard InChI is InChI=1S/C18H16BrN3O2S/c1-2-24-17-15(4-3-9-20-17)16(23)22-18-21-11-14(25-18)10-12-5-7-13(19)8-6-12/h3-9,11H,2,10H2,1H3,(H,21,22,23). The van der Waals surface area contributed by atoms with Crippen molar-refractivity contribution in [2.24, 2.45) is 0 Å². The molecule has 0 bridgehead atoms. The van der Waals surface area contributed by atoms with Gasteiger partial charge in [0, 0.05) is 28.2 Å². The van der Waals surface area contributed by atoms with E-state index in [0.717, 1.165) is 15.8 Å². The highest BCUT2D eigenvalue weighted by atomic mass is 79.9. The summed E-state index contributed by atoms with van der Waals surface area (Å²) in [7, 11) is 0. The lowest BCUT2D eigenvalue weighted by molar-refractivity contribution is 0.102. The summed E-state index contributed by atoms with van der Waals surface area (Å²) in [5.41, 5.74) is 1.59. The van der Waals surface area contributed by atoms with Crippen LogP contribution in [0.2, 0.25) is 0 Å². The van der Waals surface area contributed by atoms with Gasteiger partial charge in [-0.1, -0.05) is 28.1 Å². The maximum Gasteiger partial charge on any atom is 0.262 e. The molecule has 0 fully saturated rings. The molecular formula is C18H16BrN3O2S. The third-order valence-corrected chi connectivity index (χ3v) is 4.80. The maximum absolute atomic E-state index is 12.4. The van der Waals surface area contributed by atoms with Crippen LogP contribution < -0.4 is 10.1 Å². The lowest BCUT2D eigenvalue weighted by Crippen LogP contribution is -2.14. The Hall–Kier alpha value is -2.25. The van der Waals surface area contributed by atoms with Crippen molar-refractivity contribution in [3.05, 3.63) is 69.3 Å². The van der Waals surface area contributed by atoms with Crippen molar-refractivity contribution >= 4 is 38.3 Å². The molecule has 1 N–H and O–H groups in total. The van der Waals surface area contributed by atoms with Crippen LogP contribution in [-0.4, -0.2) is 22.5 Å². The summed E-state index contributed by atoms with van der Waals surface area (Å²) >= 11 is 4.89. The smallest absolute Gasteiger partial charge is 0.262 e. The fourth-order valence-corrected chi connectivity index (χ4v) is 3.34. The molecule has 0 atom stereocenters. The van der Waals surface area contributed by atoms with Gasteiger partial charge in [-0.3, -0.25) is 10.1 Å². The van der Waals surface area contributed by atoms with E-state index in [-0.39, 0.29) is 5.91 Å². The minimum absolute atomic E-state index is 0.277. The van der Waals surface area contributed by atoms with E-state index >= 15 is 0 Å². The Morgan fingerprint density at radius 3 is 2.80 bits per heavy atom. The maximum atomic E-state index is 12.4. The number of thiazole rings is 1. The van der Waals surface area contributed by atoms with Crippen LogP contribution in [0.4, 0.5) is 5.13 Å². The summed E-state index contributed by atoms with van der Waals surface area (Å²) in [6.45, 7) is 2.30. The molecule has 0 unspecified atom stereocenters. The number of ether oxygens (including phenoxy) is 1. The zero-order valence-corrected chi connectivity index (χ0v) is 15.9. The fourth-order valence-electron chi connectivity index (χ4n) is 2.23. The molecule has 1 aromatic carbocycles. The Balaban J connectivity index is 1.69. The van der Waals surface area contributed by atoms with Gasteiger partial charge < -0.3 is 4.74 Å². The fraction of sp³-hybridized carbons (Fsp3) is 0.167. The first-order chi connectivity index (χ1) is 12.2. The third-order valence-electron chi connectivity index (χ3n) is 3.36. The number of rotatable bonds is 6. The zero-order chi connectivity index (χ0) is 17.6. The van der Waals surface area contributed by atoms with E-state index in [1.807, 2.05) is 19.1 Å². The Kier molecular flexibility index (Phi) is 5.78. The molecule has 0 saturated heterocycles. The summed E-state index contributed by atoms with van der Waals surface area (Å²) in [4.78, 5) is 21.9. The molecule has 0 radical (unpaired) electrons. The second-order valence-corrected chi connectivity index (χ2v) is 7.21. The Bertz CT molecular complexity index is 865. The number of benzene rings is 1. The predicted molar refractivity (Wildman–Crippen MR) is 102 cm³/mol. The number of hydrogen-bond acceptors (Lipinski definition) is 5.